The van der Waals surface area contributed by atoms with E-state index in [4.69, 9.17) is 11.2 Å². The largest absolute Gasteiger partial charge is 0.445 e. The summed E-state index contributed by atoms with van der Waals surface area (Å²) in [5.74, 6) is 2.20. The molecule has 0 radical (unpaired) electrons. The lowest BCUT2D eigenvalue weighted by Gasteiger charge is -2.07. The Hall–Kier alpha value is -2.48. The average molecular weight is 274 g/mol. The summed E-state index contributed by atoms with van der Waals surface area (Å²) in [4.78, 5) is 22.6. The van der Waals surface area contributed by atoms with E-state index in [2.05, 4.69) is 16.6 Å². The van der Waals surface area contributed by atoms with Crippen molar-refractivity contribution in [1.29, 1.82) is 0 Å². The molecule has 2 N–H and O–H groups in total. The number of nitrogens with one attached hydrogen (secondary N) is 2. The molecule has 0 aromatic heterocycles. The van der Waals surface area contributed by atoms with Gasteiger partial charge in [-0.15, -0.1) is 6.42 Å². The molecule has 5 heteroatoms. The molecule has 5 nitrogen and oxygen atoms in total. The van der Waals surface area contributed by atoms with E-state index in [0.29, 0.717) is 19.4 Å². The quantitative estimate of drug-likeness (QED) is 0.584. The number of hydrogen-bond acceptors (Lipinski definition) is 3. The highest BCUT2D eigenvalue weighted by Crippen LogP contribution is 2.00. The number of rotatable bonds is 7. The van der Waals surface area contributed by atoms with Gasteiger partial charge in [-0.3, -0.25) is 4.79 Å². The molecule has 2 amide bonds. The Bertz CT molecular complexity index is 466. The monoisotopic (exact) mass is 274 g/mol. The SMILES string of the molecule is C#CCNC(=O)CCCNC(=O)OCc1ccccc1. The topological polar surface area (TPSA) is 67.4 Å². The number of carbonyl (C=O) groups is 2. The first-order valence-electron chi connectivity index (χ1n) is 6.37. The molecule has 0 saturated heterocycles. The number of alkyl carbamates (subject to hydrolysis) is 1. The van der Waals surface area contributed by atoms with Gasteiger partial charge in [0.25, 0.3) is 0 Å². The summed E-state index contributed by atoms with van der Waals surface area (Å²) in [5.41, 5.74) is 0.927. The van der Waals surface area contributed by atoms with Crippen LogP contribution in [0, 0.1) is 12.3 Å². The van der Waals surface area contributed by atoms with Crippen molar-refractivity contribution in [1.82, 2.24) is 10.6 Å². The molecule has 0 bridgehead atoms. The second-order valence-electron chi connectivity index (χ2n) is 4.07. The van der Waals surface area contributed by atoms with Crippen molar-refractivity contribution in [2.45, 2.75) is 19.4 Å². The molecule has 0 aliphatic carbocycles. The Morgan fingerprint density at radius 2 is 1.95 bits per heavy atom. The van der Waals surface area contributed by atoms with Gasteiger partial charge in [-0.1, -0.05) is 36.3 Å². The molecule has 0 spiro atoms. The molecule has 0 saturated carbocycles. The molecule has 0 unspecified atom stereocenters. The maximum absolute atomic E-state index is 11.4. The van der Waals surface area contributed by atoms with E-state index in [1.807, 2.05) is 30.3 Å². The van der Waals surface area contributed by atoms with E-state index in [-0.39, 0.29) is 19.1 Å². The first kappa shape index (κ1) is 15.6. The highest BCUT2D eigenvalue weighted by Gasteiger charge is 2.03. The molecular formula is C15H18N2O3. The third-order valence-electron chi connectivity index (χ3n) is 2.45. The van der Waals surface area contributed by atoms with Crippen molar-refractivity contribution >= 4 is 12.0 Å². The Balaban J connectivity index is 2.06. The number of benzene rings is 1. The van der Waals surface area contributed by atoms with Crippen LogP contribution in [0.3, 0.4) is 0 Å². The van der Waals surface area contributed by atoms with Crippen LogP contribution in [-0.2, 0) is 16.1 Å². The Morgan fingerprint density at radius 1 is 1.20 bits per heavy atom. The third-order valence-corrected chi connectivity index (χ3v) is 2.45. The van der Waals surface area contributed by atoms with Gasteiger partial charge in [0, 0.05) is 13.0 Å². The second-order valence-corrected chi connectivity index (χ2v) is 4.07. The highest BCUT2D eigenvalue weighted by atomic mass is 16.5. The van der Waals surface area contributed by atoms with Crippen molar-refractivity contribution in [3.63, 3.8) is 0 Å². The lowest BCUT2D eigenvalue weighted by Crippen LogP contribution is -2.28. The van der Waals surface area contributed by atoms with E-state index in [1.165, 1.54) is 0 Å². The van der Waals surface area contributed by atoms with Gasteiger partial charge in [-0.05, 0) is 12.0 Å². The predicted octanol–water partition coefficient (Wildman–Crippen LogP) is 1.44. The van der Waals surface area contributed by atoms with Crippen LogP contribution in [0.5, 0.6) is 0 Å². The van der Waals surface area contributed by atoms with Crippen LogP contribution in [0.1, 0.15) is 18.4 Å². The third kappa shape index (κ3) is 7.07. The zero-order valence-electron chi connectivity index (χ0n) is 11.2. The molecule has 1 rings (SSSR count). The molecule has 106 valence electrons. The molecule has 20 heavy (non-hydrogen) atoms. The maximum Gasteiger partial charge on any atom is 0.407 e. The number of carbonyl (C=O) groups excluding carboxylic acids is 2. The van der Waals surface area contributed by atoms with Crippen molar-refractivity contribution in [2.75, 3.05) is 13.1 Å². The summed E-state index contributed by atoms with van der Waals surface area (Å²) in [6.07, 6.45) is 5.38. The summed E-state index contributed by atoms with van der Waals surface area (Å²) in [6.45, 7) is 0.845. The van der Waals surface area contributed by atoms with Crippen molar-refractivity contribution < 1.29 is 14.3 Å². The number of amides is 2. The standard InChI is InChI=1S/C15H18N2O3/c1-2-10-16-14(18)9-6-11-17-15(19)20-12-13-7-4-3-5-8-13/h1,3-5,7-8H,6,9-12H2,(H,16,18)(H,17,19). The Kier molecular flexibility index (Phi) is 7.36. The van der Waals surface area contributed by atoms with Crippen LogP contribution in [0.25, 0.3) is 0 Å². The van der Waals surface area contributed by atoms with Crippen molar-refractivity contribution in [2.24, 2.45) is 0 Å². The molecule has 0 fully saturated rings. The molecule has 0 heterocycles. The van der Waals surface area contributed by atoms with E-state index in [9.17, 15) is 9.59 Å². The van der Waals surface area contributed by atoms with Crippen LogP contribution in [-0.4, -0.2) is 25.1 Å². The zero-order valence-corrected chi connectivity index (χ0v) is 11.2. The smallest absolute Gasteiger partial charge is 0.407 e. The first-order valence-corrected chi connectivity index (χ1v) is 6.37. The van der Waals surface area contributed by atoms with Crippen LogP contribution in [0.15, 0.2) is 30.3 Å². The summed E-state index contributed by atoms with van der Waals surface area (Å²) in [7, 11) is 0. The lowest BCUT2D eigenvalue weighted by atomic mass is 10.2. The minimum atomic E-state index is -0.488. The van der Waals surface area contributed by atoms with Gasteiger partial charge in [0.2, 0.25) is 5.91 Å². The molecule has 1 aromatic carbocycles. The fourth-order valence-electron chi connectivity index (χ4n) is 1.45. The van der Waals surface area contributed by atoms with Crippen molar-refractivity contribution in [3.05, 3.63) is 35.9 Å². The summed E-state index contributed by atoms with van der Waals surface area (Å²) in [5, 5.41) is 5.13. The van der Waals surface area contributed by atoms with Crippen LogP contribution in [0.4, 0.5) is 4.79 Å². The van der Waals surface area contributed by atoms with Gasteiger partial charge in [0.15, 0.2) is 0 Å². The molecule has 0 aliphatic heterocycles. The summed E-state index contributed by atoms with van der Waals surface area (Å²) < 4.78 is 5.02. The number of hydrogen-bond donors (Lipinski definition) is 2. The van der Waals surface area contributed by atoms with E-state index < -0.39 is 6.09 Å². The fourth-order valence-corrected chi connectivity index (χ4v) is 1.45. The van der Waals surface area contributed by atoms with Gasteiger partial charge in [-0.25, -0.2) is 4.79 Å². The lowest BCUT2D eigenvalue weighted by molar-refractivity contribution is -0.120. The summed E-state index contributed by atoms with van der Waals surface area (Å²) >= 11 is 0. The minimum Gasteiger partial charge on any atom is -0.445 e. The van der Waals surface area contributed by atoms with Gasteiger partial charge >= 0.3 is 6.09 Å². The average Bonchev–Trinajstić information content (AvgIpc) is 2.48. The highest BCUT2D eigenvalue weighted by molar-refractivity contribution is 5.76. The van der Waals surface area contributed by atoms with E-state index in [0.717, 1.165) is 5.56 Å². The zero-order chi connectivity index (χ0) is 14.6. The van der Waals surface area contributed by atoms with E-state index >= 15 is 0 Å². The van der Waals surface area contributed by atoms with Gasteiger partial charge in [0.05, 0.1) is 6.54 Å². The summed E-state index contributed by atoms with van der Waals surface area (Å²) in [6, 6.07) is 9.41. The molecule has 1 aromatic rings. The molecular weight excluding hydrogens is 256 g/mol. The number of terminal acetylenes is 1. The Labute approximate surface area is 118 Å². The predicted molar refractivity (Wildman–Crippen MR) is 75.7 cm³/mol. The Morgan fingerprint density at radius 3 is 2.65 bits per heavy atom. The molecule has 0 atom stereocenters. The van der Waals surface area contributed by atoms with E-state index in [1.54, 1.807) is 0 Å². The van der Waals surface area contributed by atoms with Crippen LogP contribution < -0.4 is 10.6 Å². The van der Waals surface area contributed by atoms with Crippen LogP contribution >= 0.6 is 0 Å². The first-order chi connectivity index (χ1) is 9.72. The molecule has 0 aliphatic rings. The second kappa shape index (κ2) is 9.45. The fraction of sp³-hybridized carbons (Fsp3) is 0.333. The maximum atomic E-state index is 11.4. The van der Waals surface area contributed by atoms with Gasteiger partial charge in [0.1, 0.15) is 6.61 Å². The van der Waals surface area contributed by atoms with Crippen molar-refractivity contribution in [3.8, 4) is 12.3 Å². The minimum absolute atomic E-state index is 0.123. The normalized spacial score (nSPS) is 9.35. The van der Waals surface area contributed by atoms with Gasteiger partial charge < -0.3 is 15.4 Å². The van der Waals surface area contributed by atoms with Gasteiger partial charge in [-0.2, -0.15) is 0 Å². The van der Waals surface area contributed by atoms with Crippen LogP contribution in [0.2, 0.25) is 0 Å². The number of ether oxygens (including phenoxy) is 1.